The molecule has 0 fully saturated rings. The first-order valence-electron chi connectivity index (χ1n) is 8.40. The number of aromatic nitrogens is 2. The molecule has 2 heterocycles. The Morgan fingerprint density at radius 2 is 1.74 bits per heavy atom. The average Bonchev–Trinajstić information content (AvgIpc) is 3.09. The highest BCUT2D eigenvalue weighted by Gasteiger charge is 2.19. The highest BCUT2D eigenvalue weighted by Crippen LogP contribution is 2.13. The molecule has 4 N–H and O–H groups in total. The van der Waals surface area contributed by atoms with Crippen LogP contribution in [0.2, 0.25) is 0 Å². The van der Waals surface area contributed by atoms with Crippen molar-refractivity contribution in [3.05, 3.63) is 60.6 Å². The van der Waals surface area contributed by atoms with Crippen LogP contribution < -0.4 is 16.0 Å². The predicted octanol–water partition coefficient (Wildman–Crippen LogP) is 2.48. The number of benzene rings is 1. The monoisotopic (exact) mass is 367 g/mol. The number of rotatable bonds is 5. The van der Waals surface area contributed by atoms with Gasteiger partial charge >= 0.3 is 6.03 Å². The number of hydrogen-bond acceptors (Lipinski definition) is 4. The molecule has 8 heteroatoms. The van der Waals surface area contributed by atoms with Crippen molar-refractivity contribution >= 4 is 29.0 Å². The molecule has 8 nitrogen and oxygen atoms in total. The molecule has 0 unspecified atom stereocenters. The first-order valence-corrected chi connectivity index (χ1v) is 8.40. The molecule has 0 radical (unpaired) electrons. The largest absolute Gasteiger partial charge is 0.394 e. The molecular weight excluding hydrogens is 346 g/mol. The van der Waals surface area contributed by atoms with Crippen LogP contribution in [-0.2, 0) is 0 Å². The average molecular weight is 367 g/mol. The van der Waals surface area contributed by atoms with E-state index < -0.39 is 11.6 Å². The molecule has 0 aliphatic heterocycles. The molecule has 2 aromatic heterocycles. The summed E-state index contributed by atoms with van der Waals surface area (Å²) >= 11 is 0. The van der Waals surface area contributed by atoms with Crippen LogP contribution >= 0.6 is 0 Å². The molecule has 3 aromatic rings. The van der Waals surface area contributed by atoms with E-state index in [1.807, 2.05) is 0 Å². The number of hydrogen-bond donors (Lipinski definition) is 4. The second-order valence-electron chi connectivity index (χ2n) is 6.76. The van der Waals surface area contributed by atoms with Gasteiger partial charge in [-0.15, -0.1) is 0 Å². The molecule has 0 spiro atoms. The minimum Gasteiger partial charge on any atom is -0.394 e. The maximum absolute atomic E-state index is 12.1. The Morgan fingerprint density at radius 1 is 1.07 bits per heavy atom. The summed E-state index contributed by atoms with van der Waals surface area (Å²) in [5.74, 6) is -0.293. The highest BCUT2D eigenvalue weighted by atomic mass is 16.3. The van der Waals surface area contributed by atoms with Gasteiger partial charge in [0.1, 0.15) is 5.65 Å². The molecule has 3 rings (SSSR count). The Hall–Kier alpha value is -3.39. The van der Waals surface area contributed by atoms with Crippen molar-refractivity contribution in [3.8, 4) is 0 Å². The van der Waals surface area contributed by atoms with Crippen LogP contribution in [0.3, 0.4) is 0 Å². The summed E-state index contributed by atoms with van der Waals surface area (Å²) in [6, 6.07) is 9.66. The fourth-order valence-corrected chi connectivity index (χ4v) is 2.41. The van der Waals surface area contributed by atoms with Crippen molar-refractivity contribution in [2.24, 2.45) is 0 Å². The van der Waals surface area contributed by atoms with Crippen LogP contribution in [0.5, 0.6) is 0 Å². The van der Waals surface area contributed by atoms with E-state index >= 15 is 0 Å². The summed E-state index contributed by atoms with van der Waals surface area (Å²) in [4.78, 5) is 28.4. The molecule has 0 aliphatic carbocycles. The number of nitrogens with zero attached hydrogens (tertiary/aromatic N) is 2. The van der Waals surface area contributed by atoms with E-state index in [0.717, 1.165) is 5.65 Å². The highest BCUT2D eigenvalue weighted by molar-refractivity contribution is 6.00. The fraction of sp³-hybridized carbons (Fsp3) is 0.211. The summed E-state index contributed by atoms with van der Waals surface area (Å²) in [5.41, 5.74) is 1.70. The number of amides is 3. The zero-order valence-electron chi connectivity index (χ0n) is 15.1. The number of carbonyl (C=O) groups is 2. The van der Waals surface area contributed by atoms with Gasteiger partial charge in [0.25, 0.3) is 5.91 Å². The lowest BCUT2D eigenvalue weighted by molar-refractivity contribution is 0.0869. The van der Waals surface area contributed by atoms with Crippen molar-refractivity contribution in [1.29, 1.82) is 0 Å². The maximum atomic E-state index is 12.1. The van der Waals surface area contributed by atoms with Gasteiger partial charge in [-0.25, -0.2) is 9.78 Å². The van der Waals surface area contributed by atoms with Crippen LogP contribution in [0.25, 0.3) is 5.65 Å². The summed E-state index contributed by atoms with van der Waals surface area (Å²) in [7, 11) is 0. The topological polar surface area (TPSA) is 108 Å². The molecule has 0 bridgehead atoms. The summed E-state index contributed by atoms with van der Waals surface area (Å²) in [6.45, 7) is 3.29. The Labute approximate surface area is 156 Å². The summed E-state index contributed by atoms with van der Waals surface area (Å²) < 4.78 is 1.80. The quantitative estimate of drug-likeness (QED) is 0.555. The molecule has 27 heavy (non-hydrogen) atoms. The van der Waals surface area contributed by atoms with Gasteiger partial charge in [0, 0.05) is 29.8 Å². The number of fused-ring (bicyclic) bond motifs is 1. The molecule has 0 saturated carbocycles. The van der Waals surface area contributed by atoms with E-state index in [1.54, 1.807) is 73.2 Å². The van der Waals surface area contributed by atoms with Crippen molar-refractivity contribution in [2.45, 2.75) is 19.4 Å². The number of aliphatic hydroxyl groups excluding tert-OH is 1. The van der Waals surface area contributed by atoms with E-state index in [4.69, 9.17) is 0 Å². The lowest BCUT2D eigenvalue weighted by atomic mass is 10.1. The second-order valence-corrected chi connectivity index (χ2v) is 6.76. The van der Waals surface area contributed by atoms with E-state index in [-0.39, 0.29) is 12.5 Å². The SMILES string of the molecule is CC(C)(CO)NC(=O)c1ccc(NC(=O)Nc2ccc3nccn3c2)cc1. The van der Waals surface area contributed by atoms with Crippen LogP contribution in [0.4, 0.5) is 16.2 Å². The molecule has 140 valence electrons. The van der Waals surface area contributed by atoms with Crippen molar-refractivity contribution in [2.75, 3.05) is 17.2 Å². The van der Waals surface area contributed by atoms with E-state index in [1.165, 1.54) is 0 Å². The predicted molar refractivity (Wildman–Crippen MR) is 103 cm³/mol. The molecule has 0 atom stereocenters. The van der Waals surface area contributed by atoms with Crippen molar-refractivity contribution in [1.82, 2.24) is 14.7 Å². The molecule has 0 aliphatic rings. The number of anilines is 2. The van der Waals surface area contributed by atoms with Crippen molar-refractivity contribution in [3.63, 3.8) is 0 Å². The van der Waals surface area contributed by atoms with E-state index in [9.17, 15) is 14.7 Å². The Balaban J connectivity index is 1.60. The van der Waals surface area contributed by atoms with Gasteiger partial charge in [0.15, 0.2) is 0 Å². The number of pyridine rings is 1. The number of imidazole rings is 1. The first-order chi connectivity index (χ1) is 12.9. The molecular formula is C19H21N5O3. The Kier molecular flexibility index (Phi) is 5.09. The zero-order chi connectivity index (χ0) is 19.4. The third kappa shape index (κ3) is 4.62. The van der Waals surface area contributed by atoms with E-state index in [2.05, 4.69) is 20.9 Å². The minimum atomic E-state index is -0.704. The first kappa shape index (κ1) is 18.4. The third-order valence-corrected chi connectivity index (χ3v) is 3.90. The summed E-state index contributed by atoms with van der Waals surface area (Å²) in [6.07, 6.45) is 5.23. The van der Waals surface area contributed by atoms with Gasteiger partial charge in [-0.1, -0.05) is 0 Å². The molecule has 1 aromatic carbocycles. The van der Waals surface area contributed by atoms with Gasteiger partial charge in [-0.2, -0.15) is 0 Å². The van der Waals surface area contributed by atoms with Gasteiger partial charge in [-0.3, -0.25) is 4.79 Å². The zero-order valence-corrected chi connectivity index (χ0v) is 15.1. The number of aliphatic hydroxyl groups is 1. The van der Waals surface area contributed by atoms with Gasteiger partial charge < -0.3 is 25.5 Å². The normalized spacial score (nSPS) is 11.2. The minimum absolute atomic E-state index is 0.163. The maximum Gasteiger partial charge on any atom is 0.323 e. The Morgan fingerprint density at radius 3 is 2.44 bits per heavy atom. The fourth-order valence-electron chi connectivity index (χ4n) is 2.41. The second kappa shape index (κ2) is 7.46. The third-order valence-electron chi connectivity index (χ3n) is 3.90. The lowest BCUT2D eigenvalue weighted by Gasteiger charge is -2.23. The standard InChI is InChI=1S/C19H21N5O3/c1-19(2,12-25)23-17(26)13-3-5-14(6-4-13)21-18(27)22-15-7-8-16-20-9-10-24(16)11-15/h3-11,25H,12H2,1-2H3,(H,23,26)(H2,21,22,27). The van der Waals surface area contributed by atoms with Crippen LogP contribution in [0.1, 0.15) is 24.2 Å². The summed E-state index contributed by atoms with van der Waals surface area (Å²) in [5, 5.41) is 17.4. The van der Waals surface area contributed by atoms with Crippen LogP contribution in [0.15, 0.2) is 55.0 Å². The molecule has 0 saturated heterocycles. The lowest BCUT2D eigenvalue weighted by Crippen LogP contribution is -2.46. The number of urea groups is 1. The van der Waals surface area contributed by atoms with Crippen molar-refractivity contribution < 1.29 is 14.7 Å². The number of nitrogens with one attached hydrogen (secondary N) is 3. The molecule has 3 amide bonds. The van der Waals surface area contributed by atoms with E-state index in [0.29, 0.717) is 16.9 Å². The number of carbonyl (C=O) groups excluding carboxylic acids is 2. The Bertz CT molecular complexity index is 963. The van der Waals surface area contributed by atoms with Gasteiger partial charge in [0.2, 0.25) is 0 Å². The smallest absolute Gasteiger partial charge is 0.323 e. The van der Waals surface area contributed by atoms with Crippen LogP contribution in [0, 0.1) is 0 Å². The van der Waals surface area contributed by atoms with Gasteiger partial charge in [-0.05, 0) is 50.2 Å². The van der Waals surface area contributed by atoms with Gasteiger partial charge in [0.05, 0.1) is 17.8 Å². The van der Waals surface area contributed by atoms with Crippen LogP contribution in [-0.4, -0.2) is 38.6 Å².